The monoisotopic (exact) mass is 1300 g/mol. The molecular formula is C62H92N10O18S. The zero-order valence-electron chi connectivity index (χ0n) is 52.4. The number of Topliss-reactive ketones (excluding diaryl/α,β-unsaturated/α-hetero) is 2. The number of aromatic nitrogens is 3. The van der Waals surface area contributed by atoms with Gasteiger partial charge in [0, 0.05) is 62.1 Å². The molecule has 0 bridgehead atoms. The summed E-state index contributed by atoms with van der Waals surface area (Å²) in [5.74, 6) is -1.68. The lowest BCUT2D eigenvalue weighted by atomic mass is 9.89. The summed E-state index contributed by atoms with van der Waals surface area (Å²) in [6, 6.07) is 15.6. The summed E-state index contributed by atoms with van der Waals surface area (Å²) in [6.07, 6.45) is 6.45. The van der Waals surface area contributed by atoms with Crippen LogP contribution in [0.3, 0.4) is 0 Å². The quantitative estimate of drug-likeness (QED) is 0.0297. The molecule has 91 heavy (non-hydrogen) atoms. The van der Waals surface area contributed by atoms with Gasteiger partial charge in [-0.15, -0.1) is 0 Å². The maximum absolute atomic E-state index is 13.7. The van der Waals surface area contributed by atoms with Crippen molar-refractivity contribution in [2.24, 2.45) is 28.6 Å². The topological polar surface area (TPSA) is 372 Å². The predicted octanol–water partition coefficient (Wildman–Crippen LogP) is 4.60. The first-order valence-corrected chi connectivity index (χ1v) is 32.5. The lowest BCUT2D eigenvalue weighted by molar-refractivity contribution is -0.131. The molecule has 1 saturated carbocycles. The molecule has 1 fully saturated rings. The molecule has 4 aromatic rings. The number of carbonyl (C=O) groups is 6. The number of aryl methyl sites for hydroxylation is 1. The minimum atomic E-state index is -4.17. The van der Waals surface area contributed by atoms with Gasteiger partial charge in [0.05, 0.1) is 129 Å². The van der Waals surface area contributed by atoms with Crippen LogP contribution in [0.4, 0.5) is 21.1 Å². The molecular weight excluding hydrogens is 1200 g/mol. The number of urea groups is 1. The Hall–Kier alpha value is -6.77. The van der Waals surface area contributed by atoms with Crippen LogP contribution in [0.1, 0.15) is 101 Å². The molecule has 2 aromatic heterocycles. The van der Waals surface area contributed by atoms with E-state index < -0.39 is 40.3 Å². The van der Waals surface area contributed by atoms with E-state index >= 15 is 0 Å². The molecule has 9 N–H and O–H groups in total. The molecule has 6 atom stereocenters. The molecule has 2 aliphatic rings. The number of amides is 5. The number of anilines is 2. The van der Waals surface area contributed by atoms with E-state index in [0.29, 0.717) is 89.8 Å². The van der Waals surface area contributed by atoms with Crippen LogP contribution in [-0.4, -0.2) is 189 Å². The fourth-order valence-electron chi connectivity index (χ4n) is 10.5. The number of hydrogen-bond donors (Lipinski definition) is 7. The maximum Gasteiger partial charge on any atom is 0.407 e. The molecule has 0 aliphatic heterocycles. The van der Waals surface area contributed by atoms with Crippen LogP contribution in [0.2, 0.25) is 0 Å². The zero-order chi connectivity index (χ0) is 65.2. The van der Waals surface area contributed by atoms with Crippen molar-refractivity contribution in [3.05, 3.63) is 83.8 Å². The van der Waals surface area contributed by atoms with Gasteiger partial charge in [-0.05, 0) is 86.3 Å². The Kier molecular flexibility index (Phi) is 32.4. The number of hydrogen-bond acceptors (Lipinski definition) is 21. The van der Waals surface area contributed by atoms with Gasteiger partial charge in [-0.25, -0.2) is 24.7 Å². The molecule has 504 valence electrons. The molecule has 5 amide bonds. The van der Waals surface area contributed by atoms with E-state index in [1.807, 2.05) is 12.3 Å². The van der Waals surface area contributed by atoms with E-state index in [1.165, 1.54) is 18.1 Å². The number of nitrogens with zero attached hydrogens (tertiary/aromatic N) is 3. The maximum atomic E-state index is 13.7. The highest BCUT2D eigenvalue weighted by molar-refractivity contribution is 7.84. The molecule has 6 rings (SSSR count). The smallest absolute Gasteiger partial charge is 0.407 e. The van der Waals surface area contributed by atoms with Crippen molar-refractivity contribution in [3.63, 3.8) is 0 Å². The number of primary amides is 1. The van der Waals surface area contributed by atoms with Gasteiger partial charge >= 0.3 is 22.4 Å². The minimum absolute atomic E-state index is 0.00395. The largest absolute Gasteiger partial charge is 0.445 e. The van der Waals surface area contributed by atoms with Crippen LogP contribution in [-0.2, 0) is 89.3 Å². The van der Waals surface area contributed by atoms with E-state index in [0.717, 1.165) is 29.7 Å². The van der Waals surface area contributed by atoms with Crippen LogP contribution >= 0.6 is 0 Å². The molecule has 0 radical (unpaired) electrons. The summed E-state index contributed by atoms with van der Waals surface area (Å²) in [4.78, 5) is 84.3. The molecule has 29 heteroatoms. The SMILES string of the molecule is CC(=O)CCOCCOCCOCCOCCOCCC(=O)N[C@@H](C(=O)C[C@H](CCCNC(N)=O)C(=O)Nc1ccc(COC(=O)NCCOCCOCCO[C@H]2C[C@H](n3ccc4c(N[C@H]5CCc6ccccc65)ncnc43)C[C@H]2COS(N)(=O)=O)cc1)C(C)C. The van der Waals surface area contributed by atoms with E-state index in [-0.39, 0.29) is 139 Å². The summed E-state index contributed by atoms with van der Waals surface area (Å²) in [5, 5.41) is 20.5. The average molecular weight is 1300 g/mol. The van der Waals surface area contributed by atoms with Gasteiger partial charge in [0.2, 0.25) is 11.8 Å². The summed E-state index contributed by atoms with van der Waals surface area (Å²) in [5.41, 5.74) is 9.68. The first-order chi connectivity index (χ1) is 43.9. The standard InChI is InChI=1S/C62H92N10O18S/c1-43(2)57(71-56(75)18-23-82-26-29-85-32-34-86-33-31-84-28-25-81-22-17-44(3)73)54(74)38-47(8-6-19-65-61(63)77)60(76)69-49-13-10-45(11-14-49)40-89-62(78)66-20-24-83-27-30-87-35-36-88-55-39-50(37-48(55)41-90-91(64,79)80)72-21-16-52-58(67-42-68-59(52)72)70-53-15-12-46-7-4-5-9-51(46)53/h4-5,7,9-11,13-14,16,21,42-43,47-48,50,53,55,57H,6,8,12,15,17-20,22-41H2,1-3H3,(H,66,78)(H,69,76)(H,71,75)(H3,63,65,77)(H2,64,79,80)(H,67,68,70)/t47-,48-,50+,53-,55-,57+/m0/s1. The van der Waals surface area contributed by atoms with Crippen molar-refractivity contribution in [3.8, 4) is 0 Å². The molecule has 0 spiro atoms. The minimum Gasteiger partial charge on any atom is -0.445 e. The van der Waals surface area contributed by atoms with Gasteiger partial charge < -0.3 is 79.5 Å². The molecule has 2 aliphatic carbocycles. The third-order valence-electron chi connectivity index (χ3n) is 15.2. The van der Waals surface area contributed by atoms with Crippen LogP contribution in [0, 0.1) is 17.8 Å². The molecule has 2 aromatic carbocycles. The number of ether oxygens (including phenoxy) is 9. The van der Waals surface area contributed by atoms with Gasteiger partial charge in [0.25, 0.3) is 0 Å². The zero-order valence-corrected chi connectivity index (χ0v) is 53.3. The number of benzene rings is 2. The molecule has 0 unspecified atom stereocenters. The van der Waals surface area contributed by atoms with Gasteiger partial charge in [0.1, 0.15) is 30.2 Å². The van der Waals surface area contributed by atoms with Gasteiger partial charge in [-0.2, -0.15) is 8.42 Å². The molecule has 2 heterocycles. The predicted molar refractivity (Wildman–Crippen MR) is 335 cm³/mol. The van der Waals surface area contributed by atoms with E-state index in [1.54, 1.807) is 44.4 Å². The van der Waals surface area contributed by atoms with Crippen molar-refractivity contribution < 1.29 is 84.0 Å². The van der Waals surface area contributed by atoms with E-state index in [4.69, 9.17) is 57.7 Å². The fraction of sp³-hybridized carbons (Fsp3) is 0.613. The van der Waals surface area contributed by atoms with Gasteiger partial charge in [0.15, 0.2) is 5.78 Å². The number of nitrogens with one attached hydrogen (secondary N) is 5. The first kappa shape index (κ1) is 73.3. The highest BCUT2D eigenvalue weighted by Gasteiger charge is 2.38. The normalized spacial score (nSPS) is 16.9. The summed E-state index contributed by atoms with van der Waals surface area (Å²) in [6.45, 7) is 9.88. The second-order valence-electron chi connectivity index (χ2n) is 22.5. The van der Waals surface area contributed by atoms with Crippen molar-refractivity contribution >= 4 is 68.3 Å². The Balaban J connectivity index is 0.820. The van der Waals surface area contributed by atoms with Crippen molar-refractivity contribution in [1.82, 2.24) is 30.5 Å². The van der Waals surface area contributed by atoms with Crippen molar-refractivity contribution in [2.75, 3.05) is 129 Å². The van der Waals surface area contributed by atoms with Crippen LogP contribution in [0.5, 0.6) is 0 Å². The Morgan fingerprint density at radius 3 is 2.02 bits per heavy atom. The lowest BCUT2D eigenvalue weighted by Gasteiger charge is -2.24. The van der Waals surface area contributed by atoms with E-state index in [9.17, 15) is 37.2 Å². The van der Waals surface area contributed by atoms with E-state index in [2.05, 4.69) is 65.4 Å². The summed E-state index contributed by atoms with van der Waals surface area (Å²) < 4.78 is 80.9. The van der Waals surface area contributed by atoms with Crippen LogP contribution in [0.25, 0.3) is 11.0 Å². The lowest BCUT2D eigenvalue weighted by Crippen LogP contribution is -2.45. The van der Waals surface area contributed by atoms with Crippen LogP contribution in [0.15, 0.2) is 67.1 Å². The first-order valence-electron chi connectivity index (χ1n) is 31.1. The number of nitrogens with two attached hydrogens (primary N) is 2. The Bertz CT molecular complexity index is 2990. The number of carbonyl (C=O) groups excluding carboxylic acids is 6. The highest BCUT2D eigenvalue weighted by Crippen LogP contribution is 2.40. The number of alkyl carbamates (subject to hydrolysis) is 1. The number of fused-ring (bicyclic) bond motifs is 2. The summed E-state index contributed by atoms with van der Waals surface area (Å²) in [7, 11) is -4.17. The van der Waals surface area contributed by atoms with Gasteiger partial charge in [-0.1, -0.05) is 50.2 Å². The van der Waals surface area contributed by atoms with Crippen molar-refractivity contribution in [2.45, 2.75) is 109 Å². The average Bonchev–Trinajstić information content (AvgIpc) is 1.74. The third-order valence-corrected chi connectivity index (χ3v) is 15.6. The number of rotatable bonds is 47. The van der Waals surface area contributed by atoms with Gasteiger partial charge in [-0.3, -0.25) is 23.4 Å². The second-order valence-corrected chi connectivity index (χ2v) is 23.7. The third kappa shape index (κ3) is 27.5. The number of ketones is 2. The van der Waals surface area contributed by atoms with Crippen molar-refractivity contribution in [1.29, 1.82) is 0 Å². The summed E-state index contributed by atoms with van der Waals surface area (Å²) >= 11 is 0. The van der Waals surface area contributed by atoms with Crippen LogP contribution < -0.4 is 37.5 Å². The Labute approximate surface area is 532 Å². The highest BCUT2D eigenvalue weighted by atomic mass is 32.2. The Morgan fingerprint density at radius 2 is 1.37 bits per heavy atom. The Morgan fingerprint density at radius 1 is 0.736 bits per heavy atom. The second kappa shape index (κ2) is 40.3. The molecule has 28 nitrogen and oxygen atoms in total. The molecule has 0 saturated heterocycles. The fourth-order valence-corrected chi connectivity index (χ4v) is 10.9.